The van der Waals surface area contributed by atoms with Crippen molar-refractivity contribution in [1.82, 2.24) is 4.98 Å². The number of methoxy groups -OCH3 is 2. The van der Waals surface area contributed by atoms with Crippen molar-refractivity contribution in [3.63, 3.8) is 0 Å². The molecule has 6 nitrogen and oxygen atoms in total. The number of hydrogen-bond donors (Lipinski definition) is 1. The van der Waals surface area contributed by atoms with Gasteiger partial charge in [-0.25, -0.2) is 4.79 Å². The summed E-state index contributed by atoms with van der Waals surface area (Å²) in [5, 5.41) is 1.01. The van der Waals surface area contributed by atoms with Crippen molar-refractivity contribution in [1.29, 1.82) is 0 Å². The Labute approximate surface area is 169 Å². The zero-order valence-corrected chi connectivity index (χ0v) is 16.6. The highest BCUT2D eigenvalue weighted by Gasteiger charge is 2.40. The lowest BCUT2D eigenvalue weighted by Gasteiger charge is -2.26. The smallest absolute Gasteiger partial charge is 0.334 e. The van der Waals surface area contributed by atoms with E-state index >= 15 is 0 Å². The molecule has 2 aromatic carbocycles. The number of esters is 2. The molecule has 6 heteroatoms. The van der Waals surface area contributed by atoms with Crippen molar-refractivity contribution in [2.75, 3.05) is 14.2 Å². The molecular formula is C23H24N2O4. The van der Waals surface area contributed by atoms with Gasteiger partial charge in [-0.1, -0.05) is 48.5 Å². The molecule has 0 fully saturated rings. The first kappa shape index (κ1) is 20.3. The van der Waals surface area contributed by atoms with Gasteiger partial charge in [-0.15, -0.1) is 0 Å². The Balaban J connectivity index is 2.02. The molecule has 1 unspecified atom stereocenters. The van der Waals surface area contributed by atoms with Gasteiger partial charge in [0.2, 0.25) is 0 Å². The zero-order valence-electron chi connectivity index (χ0n) is 16.6. The number of fused-ring (bicyclic) bond motifs is 1. The van der Waals surface area contributed by atoms with Crippen LogP contribution in [0.15, 0.2) is 65.8 Å². The molecule has 0 saturated carbocycles. The predicted molar refractivity (Wildman–Crippen MR) is 112 cm³/mol. The third-order valence-electron chi connectivity index (χ3n) is 4.95. The highest BCUT2D eigenvalue weighted by Crippen LogP contribution is 2.30. The monoisotopic (exact) mass is 392 g/mol. The Morgan fingerprint density at radius 1 is 1.03 bits per heavy atom. The zero-order chi connectivity index (χ0) is 20.7. The normalized spacial score (nSPS) is 13.3. The molecule has 1 heterocycles. The molecule has 3 aromatic rings. The lowest BCUT2D eigenvalue weighted by molar-refractivity contribution is -0.148. The Hall–Kier alpha value is -3.41. The summed E-state index contributed by atoms with van der Waals surface area (Å²) in [6, 6.07) is 17.4. The van der Waals surface area contributed by atoms with Gasteiger partial charge >= 0.3 is 11.9 Å². The molecule has 0 aliphatic heterocycles. The van der Waals surface area contributed by atoms with E-state index in [1.165, 1.54) is 14.2 Å². The van der Waals surface area contributed by atoms with Crippen LogP contribution < -0.4 is 0 Å². The van der Waals surface area contributed by atoms with E-state index in [1.54, 1.807) is 6.21 Å². The van der Waals surface area contributed by atoms with Crippen molar-refractivity contribution < 1.29 is 19.1 Å². The molecule has 0 saturated heterocycles. The molecular weight excluding hydrogens is 368 g/mol. The second-order valence-electron chi connectivity index (χ2n) is 6.80. The summed E-state index contributed by atoms with van der Waals surface area (Å²) in [7, 11) is 2.66. The third kappa shape index (κ3) is 4.71. The SMILES string of the molecule is COC(=O)CCC(Cc1c[nH]c2ccccc12)(N=Cc1ccccc1)C(=O)OC. The molecule has 1 N–H and O–H groups in total. The third-order valence-corrected chi connectivity index (χ3v) is 4.95. The van der Waals surface area contributed by atoms with Gasteiger partial charge in [0.25, 0.3) is 0 Å². The fourth-order valence-electron chi connectivity index (χ4n) is 3.36. The molecule has 150 valence electrons. The van der Waals surface area contributed by atoms with E-state index in [0.717, 1.165) is 22.0 Å². The van der Waals surface area contributed by atoms with Crippen LogP contribution in [-0.4, -0.2) is 42.9 Å². The average Bonchev–Trinajstić information content (AvgIpc) is 3.18. The fourth-order valence-corrected chi connectivity index (χ4v) is 3.36. The summed E-state index contributed by atoms with van der Waals surface area (Å²) in [5.41, 5.74) is 1.52. The first-order chi connectivity index (χ1) is 14.1. The minimum absolute atomic E-state index is 0.0556. The minimum Gasteiger partial charge on any atom is -0.469 e. The van der Waals surface area contributed by atoms with Gasteiger partial charge < -0.3 is 14.5 Å². The Kier molecular flexibility index (Phi) is 6.44. The molecule has 0 aliphatic carbocycles. The van der Waals surface area contributed by atoms with Gasteiger partial charge in [0.05, 0.1) is 14.2 Å². The van der Waals surface area contributed by atoms with Crippen LogP contribution in [0.2, 0.25) is 0 Å². The van der Waals surface area contributed by atoms with E-state index in [2.05, 4.69) is 9.98 Å². The number of carbonyl (C=O) groups is 2. The second-order valence-corrected chi connectivity index (χ2v) is 6.80. The standard InChI is InChI=1S/C23H24N2O4/c1-28-21(26)12-13-23(22(27)29-2,25-15-17-8-4-3-5-9-17)14-18-16-24-20-11-7-6-10-19(18)20/h3-11,15-16,24H,12-14H2,1-2H3. The highest BCUT2D eigenvalue weighted by molar-refractivity contribution is 5.89. The number of aromatic amines is 1. The van der Waals surface area contributed by atoms with E-state index in [9.17, 15) is 9.59 Å². The molecule has 0 aliphatic rings. The minimum atomic E-state index is -1.25. The number of para-hydroxylation sites is 1. The maximum absolute atomic E-state index is 12.9. The second kappa shape index (κ2) is 9.19. The number of rotatable bonds is 8. The number of nitrogens with one attached hydrogen (secondary N) is 1. The largest absolute Gasteiger partial charge is 0.469 e. The van der Waals surface area contributed by atoms with E-state index in [1.807, 2.05) is 60.8 Å². The van der Waals surface area contributed by atoms with Crippen LogP contribution in [0.5, 0.6) is 0 Å². The highest BCUT2D eigenvalue weighted by atomic mass is 16.5. The number of hydrogen-bond acceptors (Lipinski definition) is 5. The summed E-state index contributed by atoms with van der Waals surface area (Å²) < 4.78 is 9.89. The van der Waals surface area contributed by atoms with Gasteiger partial charge in [-0.2, -0.15) is 0 Å². The van der Waals surface area contributed by atoms with Crippen LogP contribution >= 0.6 is 0 Å². The molecule has 3 rings (SSSR count). The van der Waals surface area contributed by atoms with Crippen molar-refractivity contribution >= 4 is 29.1 Å². The summed E-state index contributed by atoms with van der Waals surface area (Å²) in [6.45, 7) is 0. The topological polar surface area (TPSA) is 80.8 Å². The maximum atomic E-state index is 12.9. The quantitative estimate of drug-likeness (QED) is 0.468. The molecule has 0 spiro atoms. The number of ether oxygens (including phenoxy) is 2. The van der Waals surface area contributed by atoms with Crippen LogP contribution in [0.1, 0.15) is 24.0 Å². The van der Waals surface area contributed by atoms with E-state index in [-0.39, 0.29) is 12.8 Å². The molecule has 29 heavy (non-hydrogen) atoms. The molecule has 1 atom stereocenters. The number of benzene rings is 2. The lowest BCUT2D eigenvalue weighted by Crippen LogP contribution is -2.41. The molecule has 0 bridgehead atoms. The van der Waals surface area contributed by atoms with E-state index in [0.29, 0.717) is 6.42 Å². The summed E-state index contributed by atoms with van der Waals surface area (Å²) >= 11 is 0. The molecule has 0 radical (unpaired) electrons. The van der Waals surface area contributed by atoms with Gasteiger partial charge in [0, 0.05) is 36.2 Å². The van der Waals surface area contributed by atoms with Crippen molar-refractivity contribution in [3.8, 4) is 0 Å². The van der Waals surface area contributed by atoms with Crippen LogP contribution in [0.25, 0.3) is 10.9 Å². The summed E-state index contributed by atoms with van der Waals surface area (Å²) in [4.78, 5) is 32.6. The van der Waals surface area contributed by atoms with Gasteiger partial charge in [0.1, 0.15) is 0 Å². The van der Waals surface area contributed by atoms with E-state index < -0.39 is 17.5 Å². The van der Waals surface area contributed by atoms with Crippen molar-refractivity contribution in [3.05, 3.63) is 71.9 Å². The average molecular weight is 392 g/mol. The van der Waals surface area contributed by atoms with Gasteiger partial charge in [-0.3, -0.25) is 9.79 Å². The number of aliphatic imine (C=N–C) groups is 1. The number of nitrogens with zero attached hydrogens (tertiary/aromatic N) is 1. The molecule has 1 aromatic heterocycles. The number of carbonyl (C=O) groups excluding carboxylic acids is 2. The number of H-pyrrole nitrogens is 1. The van der Waals surface area contributed by atoms with Crippen LogP contribution in [-0.2, 0) is 25.5 Å². The first-order valence-corrected chi connectivity index (χ1v) is 9.38. The van der Waals surface area contributed by atoms with E-state index in [4.69, 9.17) is 9.47 Å². The van der Waals surface area contributed by atoms with Crippen molar-refractivity contribution in [2.24, 2.45) is 4.99 Å². The van der Waals surface area contributed by atoms with Gasteiger partial charge in [0.15, 0.2) is 5.54 Å². The summed E-state index contributed by atoms with van der Waals surface area (Å²) in [5.74, 6) is -0.883. The first-order valence-electron chi connectivity index (χ1n) is 9.38. The predicted octanol–water partition coefficient (Wildman–Crippen LogP) is 3.69. The van der Waals surface area contributed by atoms with Crippen LogP contribution in [0, 0.1) is 0 Å². The Bertz CT molecular complexity index is 1010. The number of aromatic nitrogens is 1. The van der Waals surface area contributed by atoms with Gasteiger partial charge in [-0.05, 0) is 23.6 Å². The van der Waals surface area contributed by atoms with Crippen LogP contribution in [0.3, 0.4) is 0 Å². The van der Waals surface area contributed by atoms with Crippen LogP contribution in [0.4, 0.5) is 0 Å². The lowest BCUT2D eigenvalue weighted by atomic mass is 9.86. The Morgan fingerprint density at radius 2 is 1.76 bits per heavy atom. The summed E-state index contributed by atoms with van der Waals surface area (Å²) in [6.07, 6.45) is 4.06. The fraction of sp³-hybridized carbons (Fsp3) is 0.261. The Morgan fingerprint density at radius 3 is 2.48 bits per heavy atom. The maximum Gasteiger partial charge on any atom is 0.334 e. The van der Waals surface area contributed by atoms with Crippen molar-refractivity contribution in [2.45, 2.75) is 24.8 Å². The molecule has 0 amide bonds.